The standard InChI is InChI=1S/C17H20N2O2/c1-2-13-7-9-16(10-8-13)19-17(21)18-11-14-5-3-4-6-15(14)12-20/h3-10,20H,2,11-12H2,1H3,(H2,18,19,21). The van der Waals surface area contributed by atoms with E-state index in [1.165, 1.54) is 5.56 Å². The molecule has 0 aliphatic carbocycles. The second kappa shape index (κ2) is 7.45. The summed E-state index contributed by atoms with van der Waals surface area (Å²) in [4.78, 5) is 11.9. The van der Waals surface area contributed by atoms with Crippen LogP contribution >= 0.6 is 0 Å². The number of carbonyl (C=O) groups is 1. The van der Waals surface area contributed by atoms with Gasteiger partial charge in [0.2, 0.25) is 0 Å². The fourth-order valence-corrected chi connectivity index (χ4v) is 2.06. The summed E-state index contributed by atoms with van der Waals surface area (Å²) in [7, 11) is 0. The number of rotatable bonds is 5. The van der Waals surface area contributed by atoms with Crippen molar-refractivity contribution in [3.05, 3.63) is 65.2 Å². The van der Waals surface area contributed by atoms with Gasteiger partial charge < -0.3 is 15.7 Å². The van der Waals surface area contributed by atoms with E-state index in [-0.39, 0.29) is 12.6 Å². The van der Waals surface area contributed by atoms with E-state index >= 15 is 0 Å². The van der Waals surface area contributed by atoms with Gasteiger partial charge in [-0.3, -0.25) is 0 Å². The lowest BCUT2D eigenvalue weighted by Crippen LogP contribution is -2.28. The molecule has 0 fully saturated rings. The Morgan fingerprint density at radius 2 is 1.71 bits per heavy atom. The zero-order valence-corrected chi connectivity index (χ0v) is 12.1. The number of aryl methyl sites for hydroxylation is 1. The fraction of sp³-hybridized carbons (Fsp3) is 0.235. The molecule has 4 heteroatoms. The van der Waals surface area contributed by atoms with Gasteiger partial charge in [0.05, 0.1) is 6.61 Å². The molecule has 21 heavy (non-hydrogen) atoms. The Labute approximate surface area is 124 Å². The molecular weight excluding hydrogens is 264 g/mol. The minimum atomic E-state index is -0.257. The van der Waals surface area contributed by atoms with Crippen molar-refractivity contribution in [3.8, 4) is 0 Å². The van der Waals surface area contributed by atoms with Crippen LogP contribution in [0.25, 0.3) is 0 Å². The van der Waals surface area contributed by atoms with Gasteiger partial charge in [-0.1, -0.05) is 43.3 Å². The van der Waals surface area contributed by atoms with Crippen LogP contribution in [0.3, 0.4) is 0 Å². The number of carbonyl (C=O) groups excluding carboxylic acids is 1. The van der Waals surface area contributed by atoms with Crippen LogP contribution in [-0.4, -0.2) is 11.1 Å². The summed E-state index contributed by atoms with van der Waals surface area (Å²) in [5.74, 6) is 0. The SMILES string of the molecule is CCc1ccc(NC(=O)NCc2ccccc2CO)cc1. The van der Waals surface area contributed by atoms with E-state index < -0.39 is 0 Å². The van der Waals surface area contributed by atoms with Gasteiger partial charge in [-0.15, -0.1) is 0 Å². The van der Waals surface area contributed by atoms with E-state index in [4.69, 9.17) is 0 Å². The Morgan fingerprint density at radius 1 is 1.05 bits per heavy atom. The Kier molecular flexibility index (Phi) is 5.35. The maximum atomic E-state index is 11.9. The van der Waals surface area contributed by atoms with Crippen molar-refractivity contribution in [2.75, 3.05) is 5.32 Å². The normalized spacial score (nSPS) is 10.2. The number of amides is 2. The minimum Gasteiger partial charge on any atom is -0.392 e. The zero-order valence-electron chi connectivity index (χ0n) is 12.1. The first-order valence-electron chi connectivity index (χ1n) is 7.04. The van der Waals surface area contributed by atoms with Gasteiger partial charge in [0.15, 0.2) is 0 Å². The molecule has 0 saturated carbocycles. The molecule has 2 rings (SSSR count). The highest BCUT2D eigenvalue weighted by molar-refractivity contribution is 5.89. The highest BCUT2D eigenvalue weighted by atomic mass is 16.3. The third-order valence-corrected chi connectivity index (χ3v) is 3.35. The third-order valence-electron chi connectivity index (χ3n) is 3.35. The Hall–Kier alpha value is -2.33. The molecule has 0 aliphatic heterocycles. The quantitative estimate of drug-likeness (QED) is 0.790. The van der Waals surface area contributed by atoms with E-state index in [9.17, 15) is 9.90 Å². The molecule has 0 heterocycles. The second-order valence-corrected chi connectivity index (χ2v) is 4.78. The van der Waals surface area contributed by atoms with Crippen molar-refractivity contribution in [1.29, 1.82) is 0 Å². The molecule has 0 aliphatic rings. The largest absolute Gasteiger partial charge is 0.392 e. The van der Waals surface area contributed by atoms with Crippen LogP contribution in [0.4, 0.5) is 10.5 Å². The number of aliphatic hydroxyl groups is 1. The van der Waals surface area contributed by atoms with Crippen LogP contribution in [0.5, 0.6) is 0 Å². The summed E-state index contributed by atoms with van der Waals surface area (Å²) in [6, 6.07) is 15.0. The van der Waals surface area contributed by atoms with Crippen LogP contribution in [0.15, 0.2) is 48.5 Å². The first-order valence-corrected chi connectivity index (χ1v) is 7.04. The fourth-order valence-electron chi connectivity index (χ4n) is 2.06. The molecule has 3 N–H and O–H groups in total. The molecule has 2 aromatic carbocycles. The Balaban J connectivity index is 1.89. The number of hydrogen-bond donors (Lipinski definition) is 3. The molecule has 0 saturated heterocycles. The maximum Gasteiger partial charge on any atom is 0.319 e. The van der Waals surface area contributed by atoms with Crippen LogP contribution in [-0.2, 0) is 19.6 Å². The van der Waals surface area contributed by atoms with Crippen LogP contribution in [0, 0.1) is 0 Å². The van der Waals surface area contributed by atoms with Gasteiger partial charge in [0, 0.05) is 12.2 Å². The lowest BCUT2D eigenvalue weighted by molar-refractivity contribution is 0.251. The maximum absolute atomic E-state index is 11.9. The van der Waals surface area contributed by atoms with Crippen LogP contribution in [0.2, 0.25) is 0 Å². The average Bonchev–Trinajstić information content (AvgIpc) is 2.54. The Morgan fingerprint density at radius 3 is 2.33 bits per heavy atom. The molecular formula is C17H20N2O2. The van der Waals surface area contributed by atoms with Gasteiger partial charge in [0.1, 0.15) is 0 Å². The number of nitrogens with one attached hydrogen (secondary N) is 2. The number of anilines is 1. The molecule has 2 aromatic rings. The number of hydrogen-bond acceptors (Lipinski definition) is 2. The summed E-state index contributed by atoms with van der Waals surface area (Å²) in [5, 5.41) is 14.8. The summed E-state index contributed by atoms with van der Waals surface area (Å²) in [5.41, 5.74) is 3.74. The summed E-state index contributed by atoms with van der Waals surface area (Å²) in [6.07, 6.45) is 0.977. The van der Waals surface area contributed by atoms with Crippen molar-refractivity contribution in [1.82, 2.24) is 5.32 Å². The predicted molar refractivity (Wildman–Crippen MR) is 84.0 cm³/mol. The van der Waals surface area contributed by atoms with E-state index in [0.29, 0.717) is 6.54 Å². The van der Waals surface area contributed by atoms with Gasteiger partial charge in [-0.2, -0.15) is 0 Å². The monoisotopic (exact) mass is 284 g/mol. The van der Waals surface area contributed by atoms with Crippen molar-refractivity contribution >= 4 is 11.7 Å². The van der Waals surface area contributed by atoms with E-state index in [2.05, 4.69) is 17.6 Å². The first-order chi connectivity index (χ1) is 10.2. The van der Waals surface area contributed by atoms with Gasteiger partial charge in [-0.25, -0.2) is 4.79 Å². The number of aliphatic hydroxyl groups excluding tert-OH is 1. The minimum absolute atomic E-state index is 0.0298. The van der Waals surface area contributed by atoms with Gasteiger partial charge >= 0.3 is 6.03 Å². The van der Waals surface area contributed by atoms with Crippen LogP contribution in [0.1, 0.15) is 23.6 Å². The molecule has 2 amide bonds. The molecule has 0 atom stereocenters. The lowest BCUT2D eigenvalue weighted by atomic mass is 10.1. The van der Waals surface area contributed by atoms with Crippen molar-refractivity contribution in [3.63, 3.8) is 0 Å². The average molecular weight is 284 g/mol. The van der Waals surface area contributed by atoms with E-state index in [1.54, 1.807) is 0 Å². The molecule has 4 nitrogen and oxygen atoms in total. The predicted octanol–water partition coefficient (Wildman–Crippen LogP) is 3.06. The van der Waals surface area contributed by atoms with Crippen molar-refractivity contribution in [2.24, 2.45) is 0 Å². The number of benzene rings is 2. The summed E-state index contributed by atoms with van der Waals surface area (Å²) >= 11 is 0. The van der Waals surface area contributed by atoms with E-state index in [0.717, 1.165) is 23.2 Å². The lowest BCUT2D eigenvalue weighted by Gasteiger charge is -2.10. The van der Waals surface area contributed by atoms with Gasteiger partial charge in [0.25, 0.3) is 0 Å². The molecule has 0 radical (unpaired) electrons. The smallest absolute Gasteiger partial charge is 0.319 e. The molecule has 110 valence electrons. The van der Waals surface area contributed by atoms with E-state index in [1.807, 2.05) is 48.5 Å². The number of urea groups is 1. The summed E-state index contributed by atoms with van der Waals surface area (Å²) in [6.45, 7) is 2.45. The molecule has 0 spiro atoms. The molecule has 0 unspecified atom stereocenters. The first kappa shape index (κ1) is 15.1. The summed E-state index contributed by atoms with van der Waals surface area (Å²) < 4.78 is 0. The van der Waals surface area contributed by atoms with Crippen molar-refractivity contribution < 1.29 is 9.90 Å². The third kappa shape index (κ3) is 4.33. The highest BCUT2D eigenvalue weighted by Gasteiger charge is 2.04. The second-order valence-electron chi connectivity index (χ2n) is 4.78. The van der Waals surface area contributed by atoms with Gasteiger partial charge in [-0.05, 0) is 35.2 Å². The molecule has 0 aromatic heterocycles. The Bertz CT molecular complexity index is 594. The van der Waals surface area contributed by atoms with Crippen molar-refractivity contribution in [2.45, 2.75) is 26.5 Å². The highest BCUT2D eigenvalue weighted by Crippen LogP contribution is 2.11. The topological polar surface area (TPSA) is 61.4 Å². The zero-order chi connectivity index (χ0) is 15.1. The molecule has 0 bridgehead atoms. The van der Waals surface area contributed by atoms with Crippen LogP contribution < -0.4 is 10.6 Å².